The molecule has 2 nitrogen and oxygen atoms in total. The molecule has 15 heavy (non-hydrogen) atoms. The molecule has 0 spiro atoms. The van der Waals surface area contributed by atoms with Gasteiger partial charge in [-0.2, -0.15) is 0 Å². The van der Waals surface area contributed by atoms with Gasteiger partial charge in [0.1, 0.15) is 0 Å². The van der Waals surface area contributed by atoms with E-state index in [1.807, 2.05) is 6.92 Å². The fourth-order valence-corrected chi connectivity index (χ4v) is 1.13. The molecule has 0 saturated carbocycles. The molecule has 0 aliphatic carbocycles. The van der Waals surface area contributed by atoms with Crippen molar-refractivity contribution < 1.29 is 5.11 Å². The molecule has 2 aromatic carbocycles. The Morgan fingerprint density at radius 2 is 1.07 bits per heavy atom. The molecule has 2 rings (SSSR count). The van der Waals surface area contributed by atoms with Crippen molar-refractivity contribution in [1.82, 2.24) is 0 Å². The summed E-state index contributed by atoms with van der Waals surface area (Å²) in [7, 11) is 1.00. The van der Waals surface area contributed by atoms with Gasteiger partial charge in [-0.05, 0) is 17.3 Å². The van der Waals surface area contributed by atoms with E-state index in [2.05, 4.69) is 48.5 Å². The van der Waals surface area contributed by atoms with Crippen LogP contribution in [-0.4, -0.2) is 18.8 Å². The number of hydrogen-bond donors (Lipinski definition) is 2. The highest BCUT2D eigenvalue weighted by Crippen LogP contribution is 2.11. The summed E-state index contributed by atoms with van der Waals surface area (Å²) in [6.07, 6.45) is 0. The molecule has 0 radical (unpaired) electrons. The molecule has 2 heteroatoms. The predicted molar refractivity (Wildman–Crippen MR) is 66.8 cm³/mol. The molecule has 0 aliphatic rings. The molecule has 0 unspecified atom stereocenters. The van der Waals surface area contributed by atoms with Gasteiger partial charge in [-0.25, -0.2) is 0 Å². The predicted octanol–water partition coefficient (Wildman–Crippen LogP) is 2.41. The number of fused-ring (bicyclic) bond motifs is 1. The first-order chi connectivity index (χ1) is 7.38. The van der Waals surface area contributed by atoms with E-state index in [0.717, 1.165) is 13.7 Å². The highest BCUT2D eigenvalue weighted by Gasteiger charge is 1.85. The first-order valence-corrected chi connectivity index (χ1v) is 4.97. The Morgan fingerprint density at radius 1 is 0.867 bits per heavy atom. The minimum Gasteiger partial charge on any atom is -0.400 e. The molecule has 0 amide bonds. The van der Waals surface area contributed by atoms with Crippen LogP contribution in [-0.2, 0) is 0 Å². The zero-order valence-corrected chi connectivity index (χ0v) is 9.35. The third kappa shape index (κ3) is 5.15. The van der Waals surface area contributed by atoms with E-state index in [1.165, 1.54) is 10.8 Å². The van der Waals surface area contributed by atoms with Crippen LogP contribution < -0.4 is 5.73 Å². The summed E-state index contributed by atoms with van der Waals surface area (Å²) in [6, 6.07) is 16.7. The maximum atomic E-state index is 7.00. The van der Waals surface area contributed by atoms with E-state index < -0.39 is 0 Å². The molecule has 0 bridgehead atoms. The molecule has 2 aromatic rings. The van der Waals surface area contributed by atoms with E-state index >= 15 is 0 Å². The van der Waals surface area contributed by atoms with Crippen LogP contribution >= 0.6 is 0 Å². The van der Waals surface area contributed by atoms with Crippen molar-refractivity contribution in [3.63, 3.8) is 0 Å². The average Bonchev–Trinajstić information content (AvgIpc) is 2.33. The van der Waals surface area contributed by atoms with Crippen LogP contribution in [0.1, 0.15) is 6.92 Å². The normalized spacial score (nSPS) is 8.27. The molecule has 82 valence electrons. The van der Waals surface area contributed by atoms with Gasteiger partial charge in [0.25, 0.3) is 0 Å². The highest BCUT2D eigenvalue weighted by molar-refractivity contribution is 5.81. The van der Waals surface area contributed by atoms with Gasteiger partial charge >= 0.3 is 0 Å². The van der Waals surface area contributed by atoms with Gasteiger partial charge in [-0.1, -0.05) is 55.5 Å². The fourth-order valence-electron chi connectivity index (χ4n) is 1.13. The topological polar surface area (TPSA) is 46.2 Å². The van der Waals surface area contributed by atoms with Gasteiger partial charge in [0.05, 0.1) is 0 Å². The quantitative estimate of drug-likeness (QED) is 0.693. The maximum absolute atomic E-state index is 7.00. The van der Waals surface area contributed by atoms with Gasteiger partial charge < -0.3 is 10.8 Å². The molecule has 0 fully saturated rings. The van der Waals surface area contributed by atoms with Crippen molar-refractivity contribution >= 4 is 10.8 Å². The monoisotopic (exact) mass is 205 g/mol. The summed E-state index contributed by atoms with van der Waals surface area (Å²) in [5.41, 5.74) is 4.85. The third-order valence-electron chi connectivity index (χ3n) is 1.66. The maximum Gasteiger partial charge on any atom is 0.0319 e. The lowest BCUT2D eigenvalue weighted by atomic mass is 10.1. The van der Waals surface area contributed by atoms with E-state index in [9.17, 15) is 0 Å². The Hall–Kier alpha value is -1.38. The van der Waals surface area contributed by atoms with Crippen LogP contribution in [0, 0.1) is 0 Å². The second-order valence-electron chi connectivity index (χ2n) is 2.76. The Labute approximate surface area is 91.4 Å². The first kappa shape index (κ1) is 13.6. The highest BCUT2D eigenvalue weighted by atomic mass is 16.2. The number of rotatable bonds is 0. The smallest absolute Gasteiger partial charge is 0.0319 e. The molecule has 0 atom stereocenters. The zero-order valence-electron chi connectivity index (χ0n) is 9.35. The van der Waals surface area contributed by atoms with Crippen molar-refractivity contribution in [2.45, 2.75) is 6.92 Å². The standard InChI is InChI=1S/C10H8.C2H7N.CH4O/c1-2-6-10-8-4-3-7-9(10)5-1;1-2-3;1-2/h1-8H;2-3H2,1H3;2H,1H3. The van der Waals surface area contributed by atoms with Crippen molar-refractivity contribution in [3.05, 3.63) is 48.5 Å². The average molecular weight is 205 g/mol. The number of hydrogen-bond acceptors (Lipinski definition) is 2. The van der Waals surface area contributed by atoms with Crippen LogP contribution in [0.3, 0.4) is 0 Å². The summed E-state index contributed by atoms with van der Waals surface area (Å²) in [5.74, 6) is 0. The summed E-state index contributed by atoms with van der Waals surface area (Å²) in [4.78, 5) is 0. The van der Waals surface area contributed by atoms with E-state index in [-0.39, 0.29) is 0 Å². The summed E-state index contributed by atoms with van der Waals surface area (Å²) in [5, 5.41) is 9.62. The van der Waals surface area contributed by atoms with Crippen LogP contribution in [0.4, 0.5) is 0 Å². The number of aliphatic hydroxyl groups is 1. The second-order valence-corrected chi connectivity index (χ2v) is 2.76. The number of benzene rings is 2. The van der Waals surface area contributed by atoms with Gasteiger partial charge in [-0.15, -0.1) is 0 Å². The van der Waals surface area contributed by atoms with Crippen molar-refractivity contribution in [2.24, 2.45) is 5.73 Å². The number of nitrogens with two attached hydrogens (primary N) is 1. The summed E-state index contributed by atoms with van der Waals surface area (Å²) < 4.78 is 0. The molecular weight excluding hydrogens is 186 g/mol. The fraction of sp³-hybridized carbons (Fsp3) is 0.231. The minimum atomic E-state index is 0.750. The van der Waals surface area contributed by atoms with Crippen LogP contribution in [0.2, 0.25) is 0 Å². The van der Waals surface area contributed by atoms with Crippen molar-refractivity contribution in [1.29, 1.82) is 0 Å². The van der Waals surface area contributed by atoms with Crippen LogP contribution in [0.15, 0.2) is 48.5 Å². The van der Waals surface area contributed by atoms with Crippen molar-refractivity contribution in [2.75, 3.05) is 13.7 Å². The van der Waals surface area contributed by atoms with E-state index in [1.54, 1.807) is 0 Å². The Bertz CT molecular complexity index is 295. The van der Waals surface area contributed by atoms with Gasteiger partial charge in [-0.3, -0.25) is 0 Å². The largest absolute Gasteiger partial charge is 0.400 e. The summed E-state index contributed by atoms with van der Waals surface area (Å²) >= 11 is 0. The lowest BCUT2D eigenvalue weighted by molar-refractivity contribution is 0.399. The van der Waals surface area contributed by atoms with E-state index in [0.29, 0.717) is 0 Å². The lowest BCUT2D eigenvalue weighted by Gasteiger charge is -1.92. The molecule has 0 aromatic heterocycles. The Kier molecular flexibility index (Phi) is 8.34. The molecular formula is C13H19NO. The third-order valence-corrected chi connectivity index (χ3v) is 1.66. The SMILES string of the molecule is CCN.CO.c1ccc2ccccc2c1. The Morgan fingerprint density at radius 3 is 1.27 bits per heavy atom. The summed E-state index contributed by atoms with van der Waals surface area (Å²) in [6.45, 7) is 2.65. The molecule has 0 saturated heterocycles. The Balaban J connectivity index is 0.000000342. The van der Waals surface area contributed by atoms with Gasteiger partial charge in [0.2, 0.25) is 0 Å². The van der Waals surface area contributed by atoms with Crippen LogP contribution in [0.25, 0.3) is 10.8 Å². The van der Waals surface area contributed by atoms with Gasteiger partial charge in [0.15, 0.2) is 0 Å². The van der Waals surface area contributed by atoms with Crippen LogP contribution in [0.5, 0.6) is 0 Å². The molecule has 0 aliphatic heterocycles. The minimum absolute atomic E-state index is 0.750. The lowest BCUT2D eigenvalue weighted by Crippen LogP contribution is -1.87. The molecule has 3 N–H and O–H groups in total. The van der Waals surface area contributed by atoms with Gasteiger partial charge in [0, 0.05) is 7.11 Å². The molecule has 0 heterocycles. The zero-order chi connectivity index (χ0) is 11.5. The number of aliphatic hydroxyl groups excluding tert-OH is 1. The first-order valence-electron chi connectivity index (χ1n) is 4.97. The van der Waals surface area contributed by atoms with Crippen molar-refractivity contribution in [3.8, 4) is 0 Å². The second kappa shape index (κ2) is 9.19. The van der Waals surface area contributed by atoms with E-state index in [4.69, 9.17) is 10.8 Å².